The minimum absolute atomic E-state index is 0.557. The molecule has 5 nitrogen and oxygen atoms in total. The molecule has 3 rings (SSSR count). The zero-order valence-corrected chi connectivity index (χ0v) is 16.7. The van der Waals surface area contributed by atoms with E-state index in [2.05, 4.69) is 40.9 Å². The molecule has 1 fully saturated rings. The third-order valence-corrected chi connectivity index (χ3v) is 5.50. The molecule has 0 spiro atoms. The van der Waals surface area contributed by atoms with Gasteiger partial charge in [-0.25, -0.2) is 4.98 Å². The highest BCUT2D eigenvalue weighted by atomic mass is 16.5. The molecule has 1 aliphatic rings. The van der Waals surface area contributed by atoms with Crippen LogP contribution in [0.15, 0.2) is 30.3 Å². The summed E-state index contributed by atoms with van der Waals surface area (Å²) < 4.78 is 5.87. The molecule has 0 saturated heterocycles. The van der Waals surface area contributed by atoms with Crippen LogP contribution in [0, 0.1) is 6.92 Å². The van der Waals surface area contributed by atoms with Gasteiger partial charge in [0, 0.05) is 35.4 Å². The normalized spacial score (nSPS) is 19.8. The monoisotopic (exact) mass is 368 g/mol. The molecule has 27 heavy (non-hydrogen) atoms. The summed E-state index contributed by atoms with van der Waals surface area (Å²) in [5.41, 5.74) is 10.2. The van der Waals surface area contributed by atoms with Gasteiger partial charge in [0.15, 0.2) is 0 Å². The smallest absolute Gasteiger partial charge is 0.123 e. The highest BCUT2D eigenvalue weighted by Gasteiger charge is 2.20. The Labute approximate surface area is 162 Å². The van der Waals surface area contributed by atoms with Crippen LogP contribution in [0.25, 0.3) is 11.1 Å². The van der Waals surface area contributed by atoms with Crippen LogP contribution in [0.5, 0.6) is 5.75 Å². The zero-order valence-electron chi connectivity index (χ0n) is 16.7. The van der Waals surface area contributed by atoms with E-state index in [0.29, 0.717) is 24.5 Å². The lowest BCUT2D eigenvalue weighted by Crippen LogP contribution is -2.38. The van der Waals surface area contributed by atoms with Gasteiger partial charge in [0.05, 0.1) is 6.61 Å². The second-order valence-electron chi connectivity index (χ2n) is 7.34. The van der Waals surface area contributed by atoms with Crippen LogP contribution in [0.3, 0.4) is 0 Å². The van der Waals surface area contributed by atoms with Crippen molar-refractivity contribution in [3.05, 3.63) is 41.6 Å². The maximum Gasteiger partial charge on any atom is 0.123 e. The predicted molar refractivity (Wildman–Crippen MR) is 112 cm³/mol. The first-order valence-electron chi connectivity index (χ1n) is 10.0. The molecule has 2 aromatic rings. The van der Waals surface area contributed by atoms with E-state index in [4.69, 9.17) is 10.5 Å². The number of nitrogen functional groups attached to an aromatic ring is 1. The van der Waals surface area contributed by atoms with Crippen LogP contribution >= 0.6 is 0 Å². The number of hydrogen-bond acceptors (Lipinski definition) is 5. The molecule has 0 unspecified atom stereocenters. The SMILES string of the molecule is CCOc1ccc(-c2ccc(N)nc2C)cc1CNC1CCC(NC)CC1. The Hall–Kier alpha value is -2.11. The molecule has 1 aromatic carbocycles. The molecule has 5 heteroatoms. The van der Waals surface area contributed by atoms with Crippen LogP contribution in [0.4, 0.5) is 5.82 Å². The molecular formula is C22H32N4O. The van der Waals surface area contributed by atoms with Crippen molar-refractivity contribution in [1.82, 2.24) is 15.6 Å². The number of nitrogens with one attached hydrogen (secondary N) is 2. The number of aryl methyl sites for hydroxylation is 1. The number of benzene rings is 1. The van der Waals surface area contributed by atoms with E-state index in [0.717, 1.165) is 29.1 Å². The molecule has 1 aliphatic carbocycles. The quantitative estimate of drug-likeness (QED) is 0.696. The van der Waals surface area contributed by atoms with Gasteiger partial charge in [-0.15, -0.1) is 0 Å². The third kappa shape index (κ3) is 4.99. The van der Waals surface area contributed by atoms with Crippen molar-refractivity contribution < 1.29 is 4.74 Å². The van der Waals surface area contributed by atoms with Gasteiger partial charge in [-0.05, 0) is 76.4 Å². The average molecular weight is 369 g/mol. The Morgan fingerprint density at radius 2 is 1.85 bits per heavy atom. The van der Waals surface area contributed by atoms with E-state index in [1.54, 1.807) is 0 Å². The van der Waals surface area contributed by atoms with Gasteiger partial charge < -0.3 is 21.1 Å². The third-order valence-electron chi connectivity index (χ3n) is 5.50. The van der Waals surface area contributed by atoms with Gasteiger partial charge in [0.1, 0.15) is 11.6 Å². The number of nitrogens with zero attached hydrogens (tertiary/aromatic N) is 1. The average Bonchev–Trinajstić information content (AvgIpc) is 2.68. The first-order valence-corrected chi connectivity index (χ1v) is 10.0. The first-order chi connectivity index (χ1) is 13.1. The fourth-order valence-corrected chi connectivity index (χ4v) is 3.91. The molecule has 1 heterocycles. The summed E-state index contributed by atoms with van der Waals surface area (Å²) in [6.45, 7) is 5.51. The molecule has 0 aliphatic heterocycles. The topological polar surface area (TPSA) is 72.2 Å². The molecule has 0 bridgehead atoms. The number of aromatic nitrogens is 1. The Morgan fingerprint density at radius 3 is 2.52 bits per heavy atom. The predicted octanol–water partition coefficient (Wildman–Crippen LogP) is 3.66. The number of nitrogens with two attached hydrogens (primary N) is 1. The van der Waals surface area contributed by atoms with Gasteiger partial charge in [-0.1, -0.05) is 6.07 Å². The number of anilines is 1. The van der Waals surface area contributed by atoms with Gasteiger partial charge in [0.25, 0.3) is 0 Å². The number of hydrogen-bond donors (Lipinski definition) is 3. The Balaban J connectivity index is 1.76. The van der Waals surface area contributed by atoms with Crippen LogP contribution < -0.4 is 21.1 Å². The second-order valence-corrected chi connectivity index (χ2v) is 7.34. The van der Waals surface area contributed by atoms with Crippen molar-refractivity contribution in [2.24, 2.45) is 0 Å². The van der Waals surface area contributed by atoms with Crippen molar-refractivity contribution in [1.29, 1.82) is 0 Å². The maximum absolute atomic E-state index is 5.87. The molecular weight excluding hydrogens is 336 g/mol. The van der Waals surface area contributed by atoms with Gasteiger partial charge in [0.2, 0.25) is 0 Å². The van der Waals surface area contributed by atoms with Crippen molar-refractivity contribution in [2.75, 3.05) is 19.4 Å². The summed E-state index contributed by atoms with van der Waals surface area (Å²) in [5.74, 6) is 1.51. The van der Waals surface area contributed by atoms with E-state index >= 15 is 0 Å². The van der Waals surface area contributed by atoms with Gasteiger partial charge >= 0.3 is 0 Å². The summed E-state index contributed by atoms with van der Waals surface area (Å²) >= 11 is 0. The Morgan fingerprint density at radius 1 is 1.11 bits per heavy atom. The molecule has 1 saturated carbocycles. The van der Waals surface area contributed by atoms with Crippen LogP contribution in [-0.4, -0.2) is 30.7 Å². The summed E-state index contributed by atoms with van der Waals surface area (Å²) in [4.78, 5) is 4.40. The van der Waals surface area contributed by atoms with Crippen LogP contribution in [0.1, 0.15) is 43.9 Å². The summed E-state index contributed by atoms with van der Waals surface area (Å²) in [7, 11) is 2.06. The Kier molecular flexibility index (Phi) is 6.69. The molecule has 0 radical (unpaired) electrons. The fraction of sp³-hybridized carbons (Fsp3) is 0.500. The van der Waals surface area contributed by atoms with Crippen molar-refractivity contribution in [3.8, 4) is 16.9 Å². The molecule has 4 N–H and O–H groups in total. The molecule has 0 amide bonds. The molecule has 0 atom stereocenters. The van der Waals surface area contributed by atoms with Gasteiger partial charge in [-0.3, -0.25) is 0 Å². The number of rotatable bonds is 7. The largest absolute Gasteiger partial charge is 0.494 e. The lowest BCUT2D eigenvalue weighted by Gasteiger charge is -2.29. The molecule has 1 aromatic heterocycles. The van der Waals surface area contributed by atoms with Crippen LogP contribution in [0.2, 0.25) is 0 Å². The summed E-state index contributed by atoms with van der Waals surface area (Å²) in [6.07, 6.45) is 4.91. The van der Waals surface area contributed by atoms with E-state index in [9.17, 15) is 0 Å². The Bertz CT molecular complexity index is 754. The van der Waals surface area contributed by atoms with Crippen molar-refractivity contribution in [3.63, 3.8) is 0 Å². The lowest BCUT2D eigenvalue weighted by molar-refractivity contribution is 0.310. The minimum atomic E-state index is 0.557. The van der Waals surface area contributed by atoms with Crippen molar-refractivity contribution >= 4 is 5.82 Å². The summed E-state index contributed by atoms with van der Waals surface area (Å²) in [6, 6.07) is 11.5. The number of ether oxygens (including phenoxy) is 1. The highest BCUT2D eigenvalue weighted by Crippen LogP contribution is 2.29. The number of pyridine rings is 1. The van der Waals surface area contributed by atoms with Crippen LogP contribution in [-0.2, 0) is 6.54 Å². The van der Waals surface area contributed by atoms with Gasteiger partial charge in [-0.2, -0.15) is 0 Å². The van der Waals surface area contributed by atoms with E-state index < -0.39 is 0 Å². The van der Waals surface area contributed by atoms with E-state index in [1.807, 2.05) is 26.0 Å². The minimum Gasteiger partial charge on any atom is -0.494 e. The maximum atomic E-state index is 5.87. The molecule has 146 valence electrons. The first kappa shape index (κ1) is 19.6. The highest BCUT2D eigenvalue weighted by molar-refractivity contribution is 5.68. The van der Waals surface area contributed by atoms with E-state index in [1.165, 1.54) is 31.2 Å². The zero-order chi connectivity index (χ0) is 19.2. The van der Waals surface area contributed by atoms with E-state index in [-0.39, 0.29) is 0 Å². The fourth-order valence-electron chi connectivity index (χ4n) is 3.91. The summed E-state index contributed by atoms with van der Waals surface area (Å²) in [5, 5.41) is 7.14. The van der Waals surface area contributed by atoms with Crippen molar-refractivity contribution in [2.45, 2.75) is 58.2 Å². The second kappa shape index (κ2) is 9.20. The standard InChI is InChI=1S/C22H32N4O/c1-4-27-21-11-5-16(20-10-12-22(23)26-15(20)2)13-17(21)14-25-19-8-6-18(24-3)7-9-19/h5,10-13,18-19,24-25H,4,6-9,14H2,1-3H3,(H2,23,26). The lowest BCUT2D eigenvalue weighted by atomic mass is 9.91.